The number of halogens is 2. The van der Waals surface area contributed by atoms with Crippen LogP contribution in [0.5, 0.6) is 0 Å². The van der Waals surface area contributed by atoms with Gasteiger partial charge in [-0.25, -0.2) is 9.18 Å². The van der Waals surface area contributed by atoms with Crippen LogP contribution >= 0.6 is 11.6 Å². The van der Waals surface area contributed by atoms with Crippen molar-refractivity contribution in [1.29, 1.82) is 0 Å². The fourth-order valence-electron chi connectivity index (χ4n) is 1.24. The first-order chi connectivity index (χ1) is 7.58. The zero-order valence-corrected chi connectivity index (χ0v) is 8.53. The van der Waals surface area contributed by atoms with E-state index in [2.05, 4.69) is 4.98 Å². The Balaban J connectivity index is 2.55. The van der Waals surface area contributed by atoms with Crippen LogP contribution in [0, 0.1) is 5.82 Å². The molecule has 1 N–H and O–H groups in total. The van der Waals surface area contributed by atoms with Crippen LogP contribution in [0.15, 0.2) is 28.7 Å². The summed E-state index contributed by atoms with van der Waals surface area (Å²) in [7, 11) is 0. The number of hydrogen-bond acceptors (Lipinski definition) is 3. The summed E-state index contributed by atoms with van der Waals surface area (Å²) in [5.74, 6) is -2.06. The zero-order valence-electron chi connectivity index (χ0n) is 7.78. The normalized spacial score (nSPS) is 10.4. The molecule has 0 aliphatic carbocycles. The molecule has 1 aromatic heterocycles. The minimum absolute atomic E-state index is 0.0810. The number of nitrogens with zero attached hydrogens (tertiary/aromatic N) is 1. The first kappa shape index (κ1) is 10.6. The monoisotopic (exact) mass is 241 g/mol. The molecular formula is C10H5ClFNO3. The lowest BCUT2D eigenvalue weighted by atomic mass is 10.1. The molecule has 0 saturated heterocycles. The van der Waals surface area contributed by atoms with E-state index in [0.717, 1.165) is 0 Å². The lowest BCUT2D eigenvalue weighted by molar-refractivity contribution is 0.0663. The summed E-state index contributed by atoms with van der Waals surface area (Å²) < 4.78 is 17.4. The van der Waals surface area contributed by atoms with Gasteiger partial charge in [0.15, 0.2) is 0 Å². The first-order valence-electron chi connectivity index (χ1n) is 4.23. The fourth-order valence-corrected chi connectivity index (χ4v) is 1.40. The van der Waals surface area contributed by atoms with Crippen molar-refractivity contribution in [3.63, 3.8) is 0 Å². The van der Waals surface area contributed by atoms with Gasteiger partial charge in [0.1, 0.15) is 11.5 Å². The average Bonchev–Trinajstić information content (AvgIpc) is 2.61. The molecule has 6 heteroatoms. The number of carboxylic acids is 1. The number of benzene rings is 1. The molecule has 0 bridgehead atoms. The van der Waals surface area contributed by atoms with Gasteiger partial charge in [-0.3, -0.25) is 0 Å². The Morgan fingerprint density at radius 1 is 1.38 bits per heavy atom. The second-order valence-corrected chi connectivity index (χ2v) is 3.28. The highest BCUT2D eigenvalue weighted by atomic mass is 35.5. The lowest BCUT2D eigenvalue weighted by Gasteiger charge is -1.96. The van der Waals surface area contributed by atoms with Gasteiger partial charge in [0.2, 0.25) is 5.76 Å². The summed E-state index contributed by atoms with van der Waals surface area (Å²) in [5, 5.41) is 8.56. The molecule has 0 radical (unpaired) electrons. The van der Waals surface area contributed by atoms with Gasteiger partial charge in [-0.2, -0.15) is 4.98 Å². The second kappa shape index (κ2) is 3.94. The number of aromatic carboxylic acids is 1. The Morgan fingerprint density at radius 3 is 2.56 bits per heavy atom. The Hall–Kier alpha value is -1.88. The third-order valence-electron chi connectivity index (χ3n) is 1.91. The largest absolute Gasteiger partial charge is 0.475 e. The molecule has 0 aliphatic heterocycles. The van der Waals surface area contributed by atoms with Crippen molar-refractivity contribution in [2.45, 2.75) is 0 Å². The number of aromatic nitrogens is 1. The molecule has 16 heavy (non-hydrogen) atoms. The van der Waals surface area contributed by atoms with Gasteiger partial charge in [-0.1, -0.05) is 0 Å². The maximum Gasteiger partial charge on any atom is 0.374 e. The van der Waals surface area contributed by atoms with Crippen LogP contribution < -0.4 is 0 Å². The molecule has 0 aliphatic rings. The summed E-state index contributed by atoms with van der Waals surface area (Å²) in [6.07, 6.45) is 0. The number of oxazole rings is 1. The summed E-state index contributed by atoms with van der Waals surface area (Å²) in [6.45, 7) is 0. The molecule has 1 aromatic carbocycles. The SMILES string of the molecule is O=C(O)c1oc(Cl)nc1-c1ccc(F)cc1. The molecular weight excluding hydrogens is 237 g/mol. The highest BCUT2D eigenvalue weighted by Gasteiger charge is 2.20. The minimum atomic E-state index is -1.28. The van der Waals surface area contributed by atoms with Gasteiger partial charge >= 0.3 is 5.97 Å². The van der Waals surface area contributed by atoms with Gasteiger partial charge in [-0.05, 0) is 35.9 Å². The maximum absolute atomic E-state index is 12.7. The van der Waals surface area contributed by atoms with Crippen molar-refractivity contribution in [3.05, 3.63) is 41.2 Å². The number of rotatable bonds is 2. The van der Waals surface area contributed by atoms with Gasteiger partial charge in [-0.15, -0.1) is 0 Å². The third-order valence-corrected chi connectivity index (χ3v) is 2.07. The molecule has 0 unspecified atom stereocenters. The Kier molecular flexibility index (Phi) is 2.62. The van der Waals surface area contributed by atoms with Gasteiger partial charge in [0.25, 0.3) is 5.35 Å². The quantitative estimate of drug-likeness (QED) is 0.878. The van der Waals surface area contributed by atoms with Crippen LogP contribution in [-0.4, -0.2) is 16.1 Å². The smallest absolute Gasteiger partial charge is 0.374 e. The van der Waals surface area contributed by atoms with Crippen LogP contribution in [0.3, 0.4) is 0 Å². The van der Waals surface area contributed by atoms with Gasteiger partial charge < -0.3 is 9.52 Å². The van der Waals surface area contributed by atoms with Crippen LogP contribution in [0.4, 0.5) is 4.39 Å². The van der Waals surface area contributed by atoms with Gasteiger partial charge in [0, 0.05) is 5.56 Å². The van der Waals surface area contributed by atoms with E-state index in [0.29, 0.717) is 5.56 Å². The number of carbonyl (C=O) groups is 1. The van der Waals surface area contributed by atoms with Crippen LogP contribution in [0.2, 0.25) is 5.35 Å². The fraction of sp³-hybridized carbons (Fsp3) is 0. The van der Waals surface area contributed by atoms with Crippen molar-refractivity contribution in [2.24, 2.45) is 0 Å². The highest BCUT2D eigenvalue weighted by molar-refractivity contribution is 6.28. The molecule has 0 saturated carbocycles. The van der Waals surface area contributed by atoms with Crippen LogP contribution in [0.25, 0.3) is 11.3 Å². The summed E-state index contributed by atoms with van der Waals surface area (Å²) in [4.78, 5) is 14.5. The summed E-state index contributed by atoms with van der Waals surface area (Å²) in [5.41, 5.74) is 0.506. The predicted octanol–water partition coefficient (Wildman–Crippen LogP) is 2.83. The predicted molar refractivity (Wildman–Crippen MR) is 53.9 cm³/mol. The van der Waals surface area contributed by atoms with E-state index < -0.39 is 11.8 Å². The summed E-state index contributed by atoms with van der Waals surface area (Å²) in [6, 6.07) is 5.19. The number of hydrogen-bond donors (Lipinski definition) is 1. The topological polar surface area (TPSA) is 63.3 Å². The number of carboxylic acid groups (broad SMARTS) is 1. The molecule has 0 fully saturated rings. The van der Waals surface area contributed by atoms with E-state index in [4.69, 9.17) is 21.1 Å². The van der Waals surface area contributed by atoms with E-state index in [9.17, 15) is 9.18 Å². The van der Waals surface area contributed by atoms with E-state index in [1.54, 1.807) is 0 Å². The highest BCUT2D eigenvalue weighted by Crippen LogP contribution is 2.26. The molecule has 2 aromatic rings. The Bertz CT molecular complexity index is 535. The molecule has 0 atom stereocenters. The van der Waals surface area contributed by atoms with Crippen molar-refractivity contribution in [3.8, 4) is 11.3 Å². The standard InChI is InChI=1S/C10H5ClFNO3/c11-10-13-7(8(16-10)9(14)15)5-1-3-6(12)4-2-5/h1-4H,(H,14,15). The Labute approximate surface area is 94.3 Å². The molecule has 4 nitrogen and oxygen atoms in total. The van der Waals surface area contributed by atoms with Crippen molar-refractivity contribution in [1.82, 2.24) is 4.98 Å². The second-order valence-electron chi connectivity index (χ2n) is 2.96. The molecule has 0 amide bonds. The van der Waals surface area contributed by atoms with Gasteiger partial charge in [0.05, 0.1) is 0 Å². The maximum atomic E-state index is 12.7. The zero-order chi connectivity index (χ0) is 11.7. The van der Waals surface area contributed by atoms with Crippen LogP contribution in [0.1, 0.15) is 10.6 Å². The lowest BCUT2D eigenvalue weighted by Crippen LogP contribution is -1.96. The van der Waals surface area contributed by atoms with E-state index in [1.807, 2.05) is 0 Å². The van der Waals surface area contributed by atoms with Crippen molar-refractivity contribution < 1.29 is 18.7 Å². The molecule has 82 valence electrons. The average molecular weight is 242 g/mol. The molecule has 1 heterocycles. The minimum Gasteiger partial charge on any atom is -0.475 e. The molecule has 2 rings (SSSR count). The van der Waals surface area contributed by atoms with E-state index in [-0.39, 0.29) is 16.8 Å². The molecule has 0 spiro atoms. The summed E-state index contributed by atoms with van der Waals surface area (Å²) >= 11 is 5.48. The first-order valence-corrected chi connectivity index (χ1v) is 4.61. The van der Waals surface area contributed by atoms with Crippen molar-refractivity contribution in [2.75, 3.05) is 0 Å². The van der Waals surface area contributed by atoms with E-state index in [1.165, 1.54) is 24.3 Å². The van der Waals surface area contributed by atoms with Crippen molar-refractivity contribution >= 4 is 17.6 Å². The Morgan fingerprint density at radius 2 is 2.00 bits per heavy atom. The van der Waals surface area contributed by atoms with Crippen LogP contribution in [-0.2, 0) is 0 Å². The third kappa shape index (κ3) is 1.90. The van der Waals surface area contributed by atoms with E-state index >= 15 is 0 Å².